The Labute approximate surface area is 150 Å². The number of rotatable bonds is 4. The Morgan fingerprint density at radius 2 is 1.65 bits per heavy atom. The second-order valence-corrected chi connectivity index (χ2v) is 5.33. The maximum absolute atomic E-state index is 11.9. The second kappa shape index (κ2) is 7.94. The first-order valence-electron chi connectivity index (χ1n) is 7.84. The number of anilines is 1. The number of pyridine rings is 1. The van der Waals surface area contributed by atoms with Crippen LogP contribution in [0.15, 0.2) is 72.9 Å². The molecule has 2 aromatic carbocycles. The number of carbonyl (C=O) groups excluding carboxylic acids is 2. The lowest BCUT2D eigenvalue weighted by molar-refractivity contribution is 0.0594. The molecule has 3 aromatic rings. The summed E-state index contributed by atoms with van der Waals surface area (Å²) < 4.78 is 9.85. The molecule has 0 unspecified atom stereocenters. The highest BCUT2D eigenvalue weighted by Crippen LogP contribution is 2.22. The molecule has 1 aromatic heterocycles. The molecule has 6 heteroatoms. The van der Waals surface area contributed by atoms with E-state index in [-0.39, 0.29) is 5.69 Å². The van der Waals surface area contributed by atoms with Gasteiger partial charge >= 0.3 is 12.1 Å². The second-order valence-electron chi connectivity index (χ2n) is 5.33. The molecule has 0 saturated heterocycles. The molecule has 1 amide bonds. The van der Waals surface area contributed by atoms with Gasteiger partial charge in [0.15, 0.2) is 0 Å². The van der Waals surface area contributed by atoms with E-state index < -0.39 is 12.1 Å². The first-order chi connectivity index (χ1) is 12.7. The van der Waals surface area contributed by atoms with Crippen LogP contribution in [0, 0.1) is 0 Å². The molecule has 0 radical (unpaired) electrons. The van der Waals surface area contributed by atoms with Crippen LogP contribution in [0.2, 0.25) is 0 Å². The summed E-state index contributed by atoms with van der Waals surface area (Å²) in [5.74, 6) is -0.0254. The van der Waals surface area contributed by atoms with Gasteiger partial charge in [-0.05, 0) is 47.5 Å². The standard InChI is InChI=1S/C20H16N2O4/c1-25-19(23)18-13-15(11-12-21-18)14-7-9-16(10-8-14)22-20(24)26-17-5-3-2-4-6-17/h2-13H,1H3,(H,22,24). The van der Waals surface area contributed by atoms with Crippen LogP contribution >= 0.6 is 0 Å². The van der Waals surface area contributed by atoms with Gasteiger partial charge in [0.05, 0.1) is 7.11 Å². The maximum Gasteiger partial charge on any atom is 0.417 e. The molecule has 3 rings (SSSR count). The maximum atomic E-state index is 11.9. The smallest absolute Gasteiger partial charge is 0.417 e. The number of amides is 1. The van der Waals surface area contributed by atoms with E-state index in [2.05, 4.69) is 15.0 Å². The van der Waals surface area contributed by atoms with Crippen molar-refractivity contribution in [1.82, 2.24) is 4.98 Å². The van der Waals surface area contributed by atoms with E-state index in [0.717, 1.165) is 11.1 Å². The lowest BCUT2D eigenvalue weighted by Crippen LogP contribution is -2.16. The topological polar surface area (TPSA) is 77.5 Å². The summed E-state index contributed by atoms with van der Waals surface area (Å²) in [7, 11) is 1.31. The van der Waals surface area contributed by atoms with E-state index in [1.54, 1.807) is 54.7 Å². The van der Waals surface area contributed by atoms with E-state index in [1.807, 2.05) is 18.2 Å². The molecule has 0 fully saturated rings. The van der Waals surface area contributed by atoms with Crippen LogP contribution in [-0.2, 0) is 4.74 Å². The van der Waals surface area contributed by atoms with Gasteiger partial charge in [-0.1, -0.05) is 30.3 Å². The first kappa shape index (κ1) is 17.2. The van der Waals surface area contributed by atoms with E-state index in [9.17, 15) is 9.59 Å². The summed E-state index contributed by atoms with van der Waals surface area (Å²) in [4.78, 5) is 27.5. The number of benzene rings is 2. The fourth-order valence-electron chi connectivity index (χ4n) is 2.31. The SMILES string of the molecule is COC(=O)c1cc(-c2ccc(NC(=O)Oc3ccccc3)cc2)ccn1. The predicted molar refractivity (Wildman–Crippen MR) is 97.1 cm³/mol. The van der Waals surface area contributed by atoms with Gasteiger partial charge in [0.1, 0.15) is 11.4 Å². The van der Waals surface area contributed by atoms with Crippen LogP contribution in [0.25, 0.3) is 11.1 Å². The Kier molecular flexibility index (Phi) is 5.24. The van der Waals surface area contributed by atoms with E-state index in [1.165, 1.54) is 7.11 Å². The fraction of sp³-hybridized carbons (Fsp3) is 0.0500. The van der Waals surface area contributed by atoms with Crippen molar-refractivity contribution < 1.29 is 19.1 Å². The third-order valence-electron chi connectivity index (χ3n) is 3.57. The molecule has 0 bridgehead atoms. The molecular formula is C20H16N2O4. The lowest BCUT2D eigenvalue weighted by Gasteiger charge is -2.08. The monoisotopic (exact) mass is 348 g/mol. The van der Waals surface area contributed by atoms with Crippen LogP contribution in [0.5, 0.6) is 5.75 Å². The number of para-hydroxylation sites is 1. The quantitative estimate of drug-likeness (QED) is 0.717. The van der Waals surface area contributed by atoms with Gasteiger partial charge in [-0.15, -0.1) is 0 Å². The predicted octanol–water partition coefficient (Wildman–Crippen LogP) is 4.15. The number of nitrogens with one attached hydrogen (secondary N) is 1. The summed E-state index contributed by atoms with van der Waals surface area (Å²) in [5.41, 5.74) is 2.52. The van der Waals surface area contributed by atoms with Gasteiger partial charge in [-0.3, -0.25) is 5.32 Å². The summed E-state index contributed by atoms with van der Waals surface area (Å²) >= 11 is 0. The number of hydrogen-bond acceptors (Lipinski definition) is 5. The Bertz CT molecular complexity index is 909. The van der Waals surface area contributed by atoms with Gasteiger partial charge in [0, 0.05) is 11.9 Å². The minimum Gasteiger partial charge on any atom is -0.464 e. The van der Waals surface area contributed by atoms with Crippen LogP contribution in [0.1, 0.15) is 10.5 Å². The van der Waals surface area contributed by atoms with Crippen molar-refractivity contribution in [3.8, 4) is 16.9 Å². The van der Waals surface area contributed by atoms with Crippen molar-refractivity contribution in [1.29, 1.82) is 0 Å². The molecule has 26 heavy (non-hydrogen) atoms. The average molecular weight is 348 g/mol. The summed E-state index contributed by atoms with van der Waals surface area (Å²) in [5, 5.41) is 2.66. The number of ether oxygens (including phenoxy) is 2. The van der Waals surface area contributed by atoms with Crippen LogP contribution < -0.4 is 10.1 Å². The molecule has 0 saturated carbocycles. The molecule has 0 atom stereocenters. The minimum atomic E-state index is -0.569. The summed E-state index contributed by atoms with van der Waals surface area (Å²) in [6, 6.07) is 19.4. The zero-order valence-corrected chi connectivity index (χ0v) is 14.0. The van der Waals surface area contributed by atoms with Gasteiger partial charge in [0.2, 0.25) is 0 Å². The van der Waals surface area contributed by atoms with Crippen LogP contribution in [0.3, 0.4) is 0 Å². The summed E-state index contributed by atoms with van der Waals surface area (Å²) in [6.07, 6.45) is 0.978. The molecule has 6 nitrogen and oxygen atoms in total. The Balaban J connectivity index is 1.69. The number of nitrogens with zero attached hydrogens (tertiary/aromatic N) is 1. The molecule has 0 aliphatic heterocycles. The van der Waals surface area contributed by atoms with Gasteiger partial charge in [-0.25, -0.2) is 14.6 Å². The average Bonchev–Trinajstić information content (AvgIpc) is 2.68. The zero-order valence-electron chi connectivity index (χ0n) is 14.0. The summed E-state index contributed by atoms with van der Waals surface area (Å²) in [6.45, 7) is 0. The third kappa shape index (κ3) is 4.24. The van der Waals surface area contributed by atoms with Crippen molar-refractivity contribution in [3.63, 3.8) is 0 Å². The van der Waals surface area contributed by atoms with E-state index in [4.69, 9.17) is 4.74 Å². The zero-order chi connectivity index (χ0) is 18.4. The van der Waals surface area contributed by atoms with Crippen LogP contribution in [-0.4, -0.2) is 24.2 Å². The lowest BCUT2D eigenvalue weighted by atomic mass is 10.1. The van der Waals surface area contributed by atoms with Gasteiger partial charge in [0.25, 0.3) is 0 Å². The number of carbonyl (C=O) groups is 2. The van der Waals surface area contributed by atoms with Crippen molar-refractivity contribution in [2.75, 3.05) is 12.4 Å². The number of methoxy groups -OCH3 is 1. The van der Waals surface area contributed by atoms with E-state index >= 15 is 0 Å². The molecule has 0 aliphatic rings. The van der Waals surface area contributed by atoms with E-state index in [0.29, 0.717) is 11.4 Å². The fourth-order valence-corrected chi connectivity index (χ4v) is 2.31. The van der Waals surface area contributed by atoms with Crippen molar-refractivity contribution in [3.05, 3.63) is 78.6 Å². The first-order valence-corrected chi connectivity index (χ1v) is 7.84. The van der Waals surface area contributed by atoms with Crippen molar-refractivity contribution in [2.24, 2.45) is 0 Å². The van der Waals surface area contributed by atoms with Gasteiger partial charge < -0.3 is 9.47 Å². The number of aromatic nitrogens is 1. The normalized spacial score (nSPS) is 10.0. The van der Waals surface area contributed by atoms with Crippen molar-refractivity contribution >= 4 is 17.7 Å². The van der Waals surface area contributed by atoms with Gasteiger partial charge in [-0.2, -0.15) is 0 Å². The highest BCUT2D eigenvalue weighted by Gasteiger charge is 2.09. The van der Waals surface area contributed by atoms with Crippen molar-refractivity contribution in [2.45, 2.75) is 0 Å². The Morgan fingerprint density at radius 3 is 2.35 bits per heavy atom. The molecule has 1 N–H and O–H groups in total. The largest absolute Gasteiger partial charge is 0.464 e. The Hall–Kier alpha value is -3.67. The molecular weight excluding hydrogens is 332 g/mol. The highest BCUT2D eigenvalue weighted by molar-refractivity contribution is 5.89. The number of esters is 1. The minimum absolute atomic E-state index is 0.235. The third-order valence-corrected chi connectivity index (χ3v) is 3.57. The molecule has 130 valence electrons. The number of hydrogen-bond donors (Lipinski definition) is 1. The molecule has 1 heterocycles. The molecule has 0 aliphatic carbocycles. The molecule has 0 spiro atoms. The highest BCUT2D eigenvalue weighted by atomic mass is 16.6. The van der Waals surface area contributed by atoms with Crippen LogP contribution in [0.4, 0.5) is 10.5 Å². The Morgan fingerprint density at radius 1 is 0.923 bits per heavy atom.